The molecule has 1 aromatic carbocycles. The summed E-state index contributed by atoms with van der Waals surface area (Å²) >= 11 is 0. The molecule has 3 heterocycles. The number of amides is 1. The Labute approximate surface area is 145 Å². The number of hydrogen-bond donors (Lipinski definition) is 1. The van der Waals surface area contributed by atoms with E-state index < -0.39 is 0 Å². The van der Waals surface area contributed by atoms with E-state index in [2.05, 4.69) is 15.3 Å². The molecule has 1 saturated heterocycles. The second kappa shape index (κ2) is 6.33. The van der Waals surface area contributed by atoms with E-state index in [-0.39, 0.29) is 17.9 Å². The molecule has 2 atom stereocenters. The van der Waals surface area contributed by atoms with Crippen molar-refractivity contribution in [2.24, 2.45) is 20.0 Å². The minimum atomic E-state index is -0.291. The molecule has 2 aromatic heterocycles. The van der Waals surface area contributed by atoms with E-state index in [0.717, 1.165) is 22.7 Å². The fraction of sp³-hybridized carbons (Fsp3) is 0.389. The molecule has 4 rings (SSSR count). The van der Waals surface area contributed by atoms with Gasteiger partial charge in [0.1, 0.15) is 17.8 Å². The van der Waals surface area contributed by atoms with Gasteiger partial charge in [0.25, 0.3) is 0 Å². The molecule has 0 aliphatic carbocycles. The number of rotatable bonds is 4. The highest BCUT2D eigenvalue weighted by Crippen LogP contribution is 2.33. The minimum absolute atomic E-state index is 0.0162. The van der Waals surface area contributed by atoms with Gasteiger partial charge in [-0.25, -0.2) is 9.97 Å². The van der Waals surface area contributed by atoms with Gasteiger partial charge < -0.3 is 19.2 Å². The van der Waals surface area contributed by atoms with Crippen molar-refractivity contribution in [1.82, 2.24) is 24.4 Å². The SMILES string of the molecule is Cn1ccnc1[C@@H]1OCC[C@H]1C(=O)NCc1nc2ccccc2n1C. The smallest absolute Gasteiger partial charge is 0.226 e. The van der Waals surface area contributed by atoms with Crippen LogP contribution in [0.1, 0.15) is 24.2 Å². The van der Waals surface area contributed by atoms with Crippen molar-refractivity contribution in [1.29, 1.82) is 0 Å². The van der Waals surface area contributed by atoms with Crippen LogP contribution < -0.4 is 5.32 Å². The first kappa shape index (κ1) is 15.8. The van der Waals surface area contributed by atoms with E-state index in [1.54, 1.807) is 6.20 Å². The van der Waals surface area contributed by atoms with Crippen LogP contribution in [0.25, 0.3) is 11.0 Å². The lowest BCUT2D eigenvalue weighted by Crippen LogP contribution is -2.33. The monoisotopic (exact) mass is 339 g/mol. The highest BCUT2D eigenvalue weighted by molar-refractivity contribution is 5.80. The van der Waals surface area contributed by atoms with Crippen molar-refractivity contribution in [3.05, 3.63) is 48.3 Å². The molecule has 7 heteroatoms. The van der Waals surface area contributed by atoms with E-state index >= 15 is 0 Å². The molecular weight excluding hydrogens is 318 g/mol. The van der Waals surface area contributed by atoms with Gasteiger partial charge in [0.05, 0.1) is 23.5 Å². The lowest BCUT2D eigenvalue weighted by molar-refractivity contribution is -0.127. The van der Waals surface area contributed by atoms with Gasteiger partial charge in [0.15, 0.2) is 0 Å². The number of fused-ring (bicyclic) bond motifs is 1. The topological polar surface area (TPSA) is 74.0 Å². The van der Waals surface area contributed by atoms with E-state index in [1.807, 2.05) is 53.7 Å². The van der Waals surface area contributed by atoms with Crippen LogP contribution in [0.3, 0.4) is 0 Å². The molecule has 1 amide bonds. The summed E-state index contributed by atoms with van der Waals surface area (Å²) in [6.45, 7) is 0.968. The first-order chi connectivity index (χ1) is 12.1. The molecule has 0 radical (unpaired) electrons. The lowest BCUT2D eigenvalue weighted by atomic mass is 10.00. The van der Waals surface area contributed by atoms with Gasteiger partial charge in [-0.3, -0.25) is 4.79 Å². The maximum absolute atomic E-state index is 12.7. The highest BCUT2D eigenvalue weighted by Gasteiger charge is 2.37. The minimum Gasteiger partial charge on any atom is -0.369 e. The normalized spacial score (nSPS) is 20.2. The Bertz CT molecular complexity index is 913. The van der Waals surface area contributed by atoms with Crippen molar-refractivity contribution in [3.63, 3.8) is 0 Å². The predicted octanol–water partition coefficient (Wildman–Crippen LogP) is 1.70. The van der Waals surface area contributed by atoms with Crippen molar-refractivity contribution < 1.29 is 9.53 Å². The van der Waals surface area contributed by atoms with Gasteiger partial charge in [0.2, 0.25) is 5.91 Å². The molecule has 1 aliphatic heterocycles. The second-order valence-electron chi connectivity index (χ2n) is 6.38. The molecule has 1 aliphatic rings. The Hall–Kier alpha value is -2.67. The molecule has 7 nitrogen and oxygen atoms in total. The molecule has 1 fully saturated rings. The summed E-state index contributed by atoms with van der Waals surface area (Å²) in [5.41, 5.74) is 1.99. The fourth-order valence-corrected chi connectivity index (χ4v) is 3.41. The Morgan fingerprint density at radius 2 is 2.20 bits per heavy atom. The average molecular weight is 339 g/mol. The van der Waals surface area contributed by atoms with Crippen LogP contribution in [0.5, 0.6) is 0 Å². The van der Waals surface area contributed by atoms with E-state index in [4.69, 9.17) is 4.74 Å². The van der Waals surface area contributed by atoms with Crippen LogP contribution in [-0.2, 0) is 30.2 Å². The summed E-state index contributed by atoms with van der Waals surface area (Å²) in [7, 11) is 3.88. The molecule has 0 spiro atoms. The average Bonchev–Trinajstić information content (AvgIpc) is 3.32. The van der Waals surface area contributed by atoms with E-state index in [9.17, 15) is 4.79 Å². The van der Waals surface area contributed by atoms with Gasteiger partial charge >= 0.3 is 0 Å². The second-order valence-corrected chi connectivity index (χ2v) is 6.38. The number of para-hydroxylation sites is 2. The first-order valence-electron chi connectivity index (χ1n) is 8.42. The zero-order valence-corrected chi connectivity index (χ0v) is 14.3. The number of hydrogen-bond acceptors (Lipinski definition) is 4. The third-order valence-corrected chi connectivity index (χ3v) is 4.84. The van der Waals surface area contributed by atoms with Crippen LogP contribution in [-0.4, -0.2) is 31.6 Å². The number of nitrogens with zero attached hydrogens (tertiary/aromatic N) is 4. The summed E-state index contributed by atoms with van der Waals surface area (Å²) in [5.74, 6) is 1.38. The van der Waals surface area contributed by atoms with Crippen LogP contribution in [0.2, 0.25) is 0 Å². The number of aromatic nitrogens is 4. The van der Waals surface area contributed by atoms with Gasteiger partial charge in [-0.2, -0.15) is 0 Å². The largest absolute Gasteiger partial charge is 0.369 e. The van der Waals surface area contributed by atoms with Gasteiger partial charge in [-0.15, -0.1) is 0 Å². The van der Waals surface area contributed by atoms with Crippen LogP contribution >= 0.6 is 0 Å². The number of carbonyl (C=O) groups is 1. The summed E-state index contributed by atoms with van der Waals surface area (Å²) in [4.78, 5) is 21.6. The molecule has 25 heavy (non-hydrogen) atoms. The number of aryl methyl sites for hydroxylation is 2. The van der Waals surface area contributed by atoms with E-state index in [0.29, 0.717) is 19.6 Å². The zero-order valence-electron chi connectivity index (χ0n) is 14.3. The third-order valence-electron chi connectivity index (χ3n) is 4.84. The standard InChI is InChI=1S/C18H21N5O2/c1-22-9-8-19-17(22)16-12(7-10-25-16)18(24)20-11-15-21-13-5-3-4-6-14(13)23(15)2/h3-6,8-9,12,16H,7,10-11H2,1-2H3,(H,20,24)/t12-,16-/m1/s1. The van der Waals surface area contributed by atoms with Gasteiger partial charge in [-0.05, 0) is 18.6 Å². The van der Waals surface area contributed by atoms with E-state index in [1.165, 1.54) is 0 Å². The summed E-state index contributed by atoms with van der Waals surface area (Å²) < 4.78 is 9.69. The fourth-order valence-electron chi connectivity index (χ4n) is 3.41. The molecule has 0 bridgehead atoms. The molecular formula is C18H21N5O2. The Kier molecular flexibility index (Phi) is 4.01. The van der Waals surface area contributed by atoms with Crippen LogP contribution in [0.4, 0.5) is 0 Å². The molecule has 1 N–H and O–H groups in total. The van der Waals surface area contributed by atoms with Gasteiger partial charge in [-0.1, -0.05) is 12.1 Å². The highest BCUT2D eigenvalue weighted by atomic mass is 16.5. The summed E-state index contributed by atoms with van der Waals surface area (Å²) in [6, 6.07) is 7.95. The molecule has 3 aromatic rings. The number of benzene rings is 1. The Balaban J connectivity index is 1.48. The zero-order chi connectivity index (χ0) is 17.4. The maximum Gasteiger partial charge on any atom is 0.226 e. The summed E-state index contributed by atoms with van der Waals surface area (Å²) in [5, 5.41) is 3.01. The molecule has 130 valence electrons. The molecule has 0 unspecified atom stereocenters. The van der Waals surface area contributed by atoms with Crippen molar-refractivity contribution in [2.75, 3.05) is 6.61 Å². The van der Waals surface area contributed by atoms with Crippen LogP contribution in [0, 0.1) is 5.92 Å². The number of imidazole rings is 2. The van der Waals surface area contributed by atoms with Crippen molar-refractivity contribution in [2.45, 2.75) is 19.1 Å². The number of nitrogens with one attached hydrogen (secondary N) is 1. The lowest BCUT2D eigenvalue weighted by Gasteiger charge is -2.17. The number of carbonyl (C=O) groups excluding carboxylic acids is 1. The van der Waals surface area contributed by atoms with Crippen LogP contribution in [0.15, 0.2) is 36.7 Å². The molecule has 0 saturated carbocycles. The third kappa shape index (κ3) is 2.80. The van der Waals surface area contributed by atoms with Crippen molar-refractivity contribution in [3.8, 4) is 0 Å². The first-order valence-corrected chi connectivity index (χ1v) is 8.42. The Morgan fingerprint density at radius 3 is 2.96 bits per heavy atom. The summed E-state index contributed by atoms with van der Waals surface area (Å²) in [6.07, 6.45) is 4.00. The van der Waals surface area contributed by atoms with Gasteiger partial charge in [0, 0.05) is 33.1 Å². The predicted molar refractivity (Wildman–Crippen MR) is 92.6 cm³/mol. The Morgan fingerprint density at radius 1 is 1.36 bits per heavy atom. The number of ether oxygens (including phenoxy) is 1. The van der Waals surface area contributed by atoms with Crippen molar-refractivity contribution >= 4 is 16.9 Å². The quantitative estimate of drug-likeness (QED) is 0.785. The maximum atomic E-state index is 12.7.